The highest BCUT2D eigenvalue weighted by Crippen LogP contribution is 2.35. The van der Waals surface area contributed by atoms with Gasteiger partial charge in [-0.25, -0.2) is 0 Å². The predicted octanol–water partition coefficient (Wildman–Crippen LogP) is 1.94. The minimum atomic E-state index is -0.649. The van der Waals surface area contributed by atoms with Gasteiger partial charge < -0.3 is 0 Å². The van der Waals surface area contributed by atoms with E-state index in [0.29, 0.717) is 6.42 Å². The average Bonchev–Trinajstić information content (AvgIpc) is 2.65. The molecule has 0 radical (unpaired) electrons. The number of imide groups is 1. The lowest BCUT2D eigenvalue weighted by Crippen LogP contribution is -2.34. The fraction of sp³-hybridized carbons (Fsp3) is 0.429. The van der Waals surface area contributed by atoms with E-state index in [4.69, 9.17) is 0 Å². The van der Waals surface area contributed by atoms with Crippen molar-refractivity contribution in [1.82, 2.24) is 5.32 Å². The third-order valence-electron chi connectivity index (χ3n) is 3.67. The zero-order valence-corrected chi connectivity index (χ0v) is 10.2. The standard InChI is InChI=1S/C14H17NO2/c1-3-10-5-7-11(8-6-10)14(4-2)9-12(16)15-13(14)17/h5-8H,3-4,9H2,1-2H3,(H,15,16,17). The Balaban J connectivity index is 2.41. The summed E-state index contributed by atoms with van der Waals surface area (Å²) in [7, 11) is 0. The predicted molar refractivity (Wildman–Crippen MR) is 65.6 cm³/mol. The Morgan fingerprint density at radius 1 is 1.18 bits per heavy atom. The first-order valence-corrected chi connectivity index (χ1v) is 6.06. The Labute approximate surface area is 101 Å². The molecule has 3 heteroatoms. The Bertz CT molecular complexity index is 450. The van der Waals surface area contributed by atoms with Gasteiger partial charge in [-0.2, -0.15) is 0 Å². The molecule has 90 valence electrons. The maximum absolute atomic E-state index is 12.0. The first-order valence-electron chi connectivity index (χ1n) is 6.06. The van der Waals surface area contributed by atoms with Crippen molar-refractivity contribution in [2.45, 2.75) is 38.5 Å². The average molecular weight is 231 g/mol. The van der Waals surface area contributed by atoms with Gasteiger partial charge >= 0.3 is 0 Å². The Morgan fingerprint density at radius 3 is 2.24 bits per heavy atom. The number of amides is 2. The number of aryl methyl sites for hydroxylation is 1. The topological polar surface area (TPSA) is 46.2 Å². The van der Waals surface area contributed by atoms with E-state index in [1.165, 1.54) is 5.56 Å². The second-order valence-corrected chi connectivity index (χ2v) is 4.54. The number of carbonyl (C=O) groups is 2. The molecule has 1 aliphatic rings. The van der Waals surface area contributed by atoms with Crippen LogP contribution < -0.4 is 5.32 Å². The van der Waals surface area contributed by atoms with Gasteiger partial charge in [-0.15, -0.1) is 0 Å². The molecule has 0 aliphatic carbocycles. The van der Waals surface area contributed by atoms with Crippen LogP contribution in [0.1, 0.15) is 37.8 Å². The fourth-order valence-electron chi connectivity index (χ4n) is 2.43. The Kier molecular flexibility index (Phi) is 3.01. The van der Waals surface area contributed by atoms with E-state index in [0.717, 1.165) is 12.0 Å². The molecule has 1 aromatic rings. The largest absolute Gasteiger partial charge is 0.296 e. The molecule has 2 rings (SSSR count). The number of nitrogens with one attached hydrogen (secondary N) is 1. The zero-order valence-electron chi connectivity index (χ0n) is 10.2. The maximum atomic E-state index is 12.0. The third-order valence-corrected chi connectivity index (χ3v) is 3.67. The van der Waals surface area contributed by atoms with Crippen molar-refractivity contribution in [3.8, 4) is 0 Å². The van der Waals surface area contributed by atoms with E-state index in [9.17, 15) is 9.59 Å². The molecule has 0 saturated carbocycles. The van der Waals surface area contributed by atoms with Crippen molar-refractivity contribution in [3.05, 3.63) is 35.4 Å². The molecule has 2 amide bonds. The quantitative estimate of drug-likeness (QED) is 0.808. The van der Waals surface area contributed by atoms with Crippen LogP contribution >= 0.6 is 0 Å². The molecule has 1 heterocycles. The SMILES string of the molecule is CCc1ccc(C2(CC)CC(=O)NC2=O)cc1. The van der Waals surface area contributed by atoms with Crippen LogP contribution in [0, 0.1) is 0 Å². The lowest BCUT2D eigenvalue weighted by molar-refractivity contribution is -0.126. The summed E-state index contributed by atoms with van der Waals surface area (Å²) in [5.41, 5.74) is 1.54. The van der Waals surface area contributed by atoms with Crippen molar-refractivity contribution >= 4 is 11.8 Å². The van der Waals surface area contributed by atoms with Crippen LogP contribution in [0.4, 0.5) is 0 Å². The van der Waals surface area contributed by atoms with Crippen LogP contribution in [-0.2, 0) is 21.4 Å². The van der Waals surface area contributed by atoms with E-state index in [2.05, 4.69) is 12.2 Å². The van der Waals surface area contributed by atoms with Crippen molar-refractivity contribution < 1.29 is 9.59 Å². The summed E-state index contributed by atoms with van der Waals surface area (Å²) < 4.78 is 0. The van der Waals surface area contributed by atoms with Crippen molar-refractivity contribution in [2.24, 2.45) is 0 Å². The number of rotatable bonds is 3. The zero-order chi connectivity index (χ0) is 12.5. The second kappa shape index (κ2) is 4.32. The molecule has 1 N–H and O–H groups in total. The van der Waals surface area contributed by atoms with E-state index < -0.39 is 5.41 Å². The van der Waals surface area contributed by atoms with Crippen LogP contribution in [0.15, 0.2) is 24.3 Å². The third kappa shape index (κ3) is 1.86. The Morgan fingerprint density at radius 2 is 1.82 bits per heavy atom. The molecule has 17 heavy (non-hydrogen) atoms. The van der Waals surface area contributed by atoms with Gasteiger partial charge in [0.2, 0.25) is 11.8 Å². The molecular formula is C14H17NO2. The summed E-state index contributed by atoms with van der Waals surface area (Å²) in [6.07, 6.45) is 1.90. The van der Waals surface area contributed by atoms with Crippen LogP contribution in [0.3, 0.4) is 0 Å². The van der Waals surface area contributed by atoms with Gasteiger partial charge in [0.15, 0.2) is 0 Å². The lowest BCUT2D eigenvalue weighted by atomic mass is 9.76. The van der Waals surface area contributed by atoms with E-state index in [1.54, 1.807) is 0 Å². The fourth-order valence-corrected chi connectivity index (χ4v) is 2.43. The Hall–Kier alpha value is -1.64. The van der Waals surface area contributed by atoms with Gasteiger partial charge in [-0.1, -0.05) is 38.1 Å². The van der Waals surface area contributed by atoms with E-state index >= 15 is 0 Å². The summed E-state index contributed by atoms with van der Waals surface area (Å²) >= 11 is 0. The monoisotopic (exact) mass is 231 g/mol. The number of hydrogen-bond donors (Lipinski definition) is 1. The van der Waals surface area contributed by atoms with Gasteiger partial charge in [0.05, 0.1) is 5.41 Å². The van der Waals surface area contributed by atoms with Crippen LogP contribution in [0.5, 0.6) is 0 Å². The number of benzene rings is 1. The lowest BCUT2D eigenvalue weighted by Gasteiger charge is -2.24. The molecule has 1 fully saturated rings. The molecule has 1 aliphatic heterocycles. The molecule has 1 unspecified atom stereocenters. The molecule has 1 aromatic carbocycles. The number of carbonyl (C=O) groups excluding carboxylic acids is 2. The normalized spacial score (nSPS) is 23.9. The van der Waals surface area contributed by atoms with Crippen LogP contribution in [0.25, 0.3) is 0 Å². The van der Waals surface area contributed by atoms with Crippen LogP contribution in [-0.4, -0.2) is 11.8 Å². The van der Waals surface area contributed by atoms with E-state index in [1.807, 2.05) is 31.2 Å². The summed E-state index contributed by atoms with van der Waals surface area (Å²) in [5, 5.41) is 2.41. The molecule has 3 nitrogen and oxygen atoms in total. The minimum Gasteiger partial charge on any atom is -0.296 e. The molecular weight excluding hydrogens is 214 g/mol. The molecule has 0 aromatic heterocycles. The molecule has 0 bridgehead atoms. The smallest absolute Gasteiger partial charge is 0.237 e. The summed E-state index contributed by atoms with van der Waals surface area (Å²) in [6.45, 7) is 4.04. The number of hydrogen-bond acceptors (Lipinski definition) is 2. The highest BCUT2D eigenvalue weighted by molar-refractivity contribution is 6.09. The summed E-state index contributed by atoms with van der Waals surface area (Å²) in [4.78, 5) is 23.4. The summed E-state index contributed by atoms with van der Waals surface area (Å²) in [6, 6.07) is 8.01. The summed E-state index contributed by atoms with van der Waals surface area (Å²) in [5.74, 6) is -0.328. The van der Waals surface area contributed by atoms with Crippen LogP contribution in [0.2, 0.25) is 0 Å². The first kappa shape index (κ1) is 11.8. The van der Waals surface area contributed by atoms with Gasteiger partial charge in [0.1, 0.15) is 0 Å². The highest BCUT2D eigenvalue weighted by Gasteiger charge is 2.46. The van der Waals surface area contributed by atoms with Crippen molar-refractivity contribution in [1.29, 1.82) is 0 Å². The van der Waals surface area contributed by atoms with Gasteiger partial charge in [-0.05, 0) is 24.0 Å². The first-order chi connectivity index (χ1) is 8.12. The maximum Gasteiger partial charge on any atom is 0.237 e. The van der Waals surface area contributed by atoms with Crippen molar-refractivity contribution in [3.63, 3.8) is 0 Å². The van der Waals surface area contributed by atoms with Crippen molar-refractivity contribution in [2.75, 3.05) is 0 Å². The van der Waals surface area contributed by atoms with Gasteiger partial charge in [0.25, 0.3) is 0 Å². The highest BCUT2D eigenvalue weighted by atomic mass is 16.2. The second-order valence-electron chi connectivity index (χ2n) is 4.54. The van der Waals surface area contributed by atoms with E-state index in [-0.39, 0.29) is 18.2 Å². The van der Waals surface area contributed by atoms with Gasteiger partial charge in [-0.3, -0.25) is 14.9 Å². The minimum absolute atomic E-state index is 0.158. The molecule has 1 atom stereocenters. The molecule has 0 spiro atoms. The van der Waals surface area contributed by atoms with Gasteiger partial charge in [0, 0.05) is 6.42 Å². The molecule has 1 saturated heterocycles.